The number of anilines is 2. The Hall–Kier alpha value is -2.54. The lowest BCUT2D eigenvalue weighted by Crippen LogP contribution is -2.27. The van der Waals surface area contributed by atoms with Crippen LogP contribution in [0, 0.1) is 18.3 Å². The van der Waals surface area contributed by atoms with Crippen LogP contribution in [-0.4, -0.2) is 11.0 Å². The Morgan fingerprint density at radius 2 is 2.10 bits per heavy atom. The largest absolute Gasteiger partial charge is 0.398 e. The third-order valence-corrected chi connectivity index (χ3v) is 3.91. The number of aromatic nitrogens is 1. The number of nitrogens with zero attached hydrogens (tertiary/aromatic N) is 3. The second-order valence-corrected chi connectivity index (χ2v) is 5.50. The highest BCUT2D eigenvalue weighted by Crippen LogP contribution is 2.34. The summed E-state index contributed by atoms with van der Waals surface area (Å²) in [5.41, 5.74) is 9.55. The van der Waals surface area contributed by atoms with Crippen LogP contribution < -0.4 is 10.6 Å². The highest BCUT2D eigenvalue weighted by atomic mass is 15.2. The van der Waals surface area contributed by atoms with Crippen LogP contribution in [0.15, 0.2) is 36.5 Å². The number of hydrogen-bond acceptors (Lipinski definition) is 4. The molecule has 0 spiro atoms. The summed E-state index contributed by atoms with van der Waals surface area (Å²) >= 11 is 0. The molecular weight excluding hydrogens is 260 g/mol. The summed E-state index contributed by atoms with van der Waals surface area (Å²) in [5.74, 6) is 0.781. The Labute approximate surface area is 124 Å². The molecule has 4 heteroatoms. The highest BCUT2D eigenvalue weighted by Gasteiger charge is 2.32. The third kappa shape index (κ3) is 2.68. The molecule has 0 amide bonds. The Balaban J connectivity index is 1.99. The van der Waals surface area contributed by atoms with E-state index in [9.17, 15) is 5.26 Å². The van der Waals surface area contributed by atoms with Gasteiger partial charge in [-0.1, -0.05) is 18.2 Å². The summed E-state index contributed by atoms with van der Waals surface area (Å²) in [6.07, 6.45) is 4.07. The number of benzene rings is 1. The van der Waals surface area contributed by atoms with Crippen molar-refractivity contribution in [1.29, 1.82) is 5.26 Å². The van der Waals surface area contributed by atoms with Crippen molar-refractivity contribution in [3.05, 3.63) is 53.2 Å². The summed E-state index contributed by atoms with van der Waals surface area (Å²) in [6.45, 7) is 2.65. The van der Waals surface area contributed by atoms with Gasteiger partial charge in [-0.3, -0.25) is 0 Å². The lowest BCUT2D eigenvalue weighted by Gasteiger charge is -2.25. The Morgan fingerprint density at radius 3 is 2.76 bits per heavy atom. The average Bonchev–Trinajstić information content (AvgIpc) is 3.31. The molecule has 2 aromatic rings. The summed E-state index contributed by atoms with van der Waals surface area (Å²) in [7, 11) is 0. The number of nitriles is 1. The standard InChI is InChI=1S/C17H18N4/c1-12-8-9-20-17(15(12)10-18)21(14-6-7-14)11-13-4-2-3-5-16(13)19/h2-5,8-9,14H,6-7,11,19H2,1H3. The maximum atomic E-state index is 9.43. The Kier molecular flexibility index (Phi) is 3.49. The van der Waals surface area contributed by atoms with Gasteiger partial charge in [0.25, 0.3) is 0 Å². The molecule has 2 N–H and O–H groups in total. The predicted molar refractivity (Wildman–Crippen MR) is 83.7 cm³/mol. The van der Waals surface area contributed by atoms with Crippen molar-refractivity contribution in [3.63, 3.8) is 0 Å². The van der Waals surface area contributed by atoms with E-state index in [1.54, 1.807) is 6.20 Å². The Bertz CT molecular complexity index is 698. The zero-order chi connectivity index (χ0) is 14.8. The van der Waals surface area contributed by atoms with Crippen molar-refractivity contribution >= 4 is 11.5 Å². The maximum Gasteiger partial charge on any atom is 0.147 e. The van der Waals surface area contributed by atoms with Crippen molar-refractivity contribution in [2.75, 3.05) is 10.6 Å². The molecule has 3 rings (SSSR count). The number of hydrogen-bond donors (Lipinski definition) is 1. The average molecular weight is 278 g/mol. The summed E-state index contributed by atoms with van der Waals surface area (Å²) in [4.78, 5) is 6.68. The van der Waals surface area contributed by atoms with Gasteiger partial charge in [-0.15, -0.1) is 0 Å². The van der Waals surface area contributed by atoms with Gasteiger partial charge in [-0.05, 0) is 43.0 Å². The zero-order valence-electron chi connectivity index (χ0n) is 12.1. The van der Waals surface area contributed by atoms with Gasteiger partial charge >= 0.3 is 0 Å². The van der Waals surface area contributed by atoms with Crippen LogP contribution in [-0.2, 0) is 6.54 Å². The molecule has 1 heterocycles. The monoisotopic (exact) mass is 278 g/mol. The van der Waals surface area contributed by atoms with E-state index in [-0.39, 0.29) is 0 Å². The van der Waals surface area contributed by atoms with E-state index in [1.165, 1.54) is 0 Å². The van der Waals surface area contributed by atoms with Gasteiger partial charge in [0.15, 0.2) is 0 Å². The lowest BCUT2D eigenvalue weighted by atomic mass is 10.1. The molecular formula is C17H18N4. The SMILES string of the molecule is Cc1ccnc(N(Cc2ccccc2N)C2CC2)c1C#N. The fraction of sp³-hybridized carbons (Fsp3) is 0.294. The molecule has 0 bridgehead atoms. The summed E-state index contributed by atoms with van der Waals surface area (Å²) < 4.78 is 0. The fourth-order valence-corrected chi connectivity index (χ4v) is 2.52. The van der Waals surface area contributed by atoms with Gasteiger partial charge in [0.2, 0.25) is 0 Å². The maximum absolute atomic E-state index is 9.43. The first-order valence-electron chi connectivity index (χ1n) is 7.16. The fourth-order valence-electron chi connectivity index (χ4n) is 2.52. The minimum absolute atomic E-state index is 0.464. The van der Waals surface area contributed by atoms with Crippen molar-refractivity contribution in [2.45, 2.75) is 32.4 Å². The molecule has 1 aliphatic carbocycles. The van der Waals surface area contributed by atoms with Gasteiger partial charge in [0.05, 0.1) is 5.56 Å². The summed E-state index contributed by atoms with van der Waals surface area (Å²) in [5, 5.41) is 9.43. The van der Waals surface area contributed by atoms with Gasteiger partial charge in [-0.25, -0.2) is 4.98 Å². The summed E-state index contributed by atoms with van der Waals surface area (Å²) in [6, 6.07) is 12.5. The quantitative estimate of drug-likeness (QED) is 0.873. The molecule has 4 nitrogen and oxygen atoms in total. The van der Waals surface area contributed by atoms with Crippen molar-refractivity contribution in [1.82, 2.24) is 4.98 Å². The predicted octanol–water partition coefficient (Wildman–Crippen LogP) is 3.01. The molecule has 1 aromatic heterocycles. The molecule has 21 heavy (non-hydrogen) atoms. The number of nitrogen functional groups attached to an aromatic ring is 1. The van der Waals surface area contributed by atoms with Crippen molar-refractivity contribution in [2.24, 2.45) is 0 Å². The molecule has 0 aliphatic heterocycles. The van der Waals surface area contributed by atoms with Crippen molar-refractivity contribution < 1.29 is 0 Å². The molecule has 1 saturated carbocycles. The second-order valence-electron chi connectivity index (χ2n) is 5.50. The van der Waals surface area contributed by atoms with E-state index < -0.39 is 0 Å². The zero-order valence-corrected chi connectivity index (χ0v) is 12.1. The topological polar surface area (TPSA) is 65.9 Å². The van der Waals surface area contributed by atoms with Crippen LogP contribution in [0.4, 0.5) is 11.5 Å². The molecule has 0 atom stereocenters. The molecule has 0 saturated heterocycles. The minimum atomic E-state index is 0.464. The van der Waals surface area contributed by atoms with Crippen molar-refractivity contribution in [3.8, 4) is 6.07 Å². The molecule has 1 aromatic carbocycles. The molecule has 1 fully saturated rings. The molecule has 0 unspecified atom stereocenters. The Morgan fingerprint density at radius 1 is 1.33 bits per heavy atom. The van der Waals surface area contributed by atoms with E-state index >= 15 is 0 Å². The number of pyridine rings is 1. The van der Waals surface area contributed by atoms with E-state index in [0.29, 0.717) is 18.2 Å². The molecule has 1 aliphatic rings. The minimum Gasteiger partial charge on any atom is -0.398 e. The van der Waals surface area contributed by atoms with Gasteiger partial charge in [0, 0.05) is 24.5 Å². The smallest absolute Gasteiger partial charge is 0.147 e. The van der Waals surface area contributed by atoms with E-state index in [4.69, 9.17) is 5.73 Å². The number of rotatable bonds is 4. The third-order valence-electron chi connectivity index (χ3n) is 3.91. The first-order valence-corrected chi connectivity index (χ1v) is 7.16. The molecule has 0 radical (unpaired) electrons. The first kappa shape index (κ1) is 13.4. The number of aryl methyl sites for hydroxylation is 1. The second kappa shape index (κ2) is 5.45. The van der Waals surface area contributed by atoms with Crippen LogP contribution in [0.1, 0.15) is 29.5 Å². The van der Waals surface area contributed by atoms with Crippen LogP contribution >= 0.6 is 0 Å². The van der Waals surface area contributed by atoms with E-state index in [2.05, 4.69) is 16.0 Å². The van der Waals surface area contributed by atoms with E-state index in [1.807, 2.05) is 37.3 Å². The van der Waals surface area contributed by atoms with Crippen LogP contribution in [0.25, 0.3) is 0 Å². The first-order chi connectivity index (χ1) is 10.2. The van der Waals surface area contributed by atoms with Gasteiger partial charge in [0.1, 0.15) is 11.9 Å². The van der Waals surface area contributed by atoms with E-state index in [0.717, 1.165) is 35.5 Å². The molecule has 106 valence electrons. The van der Waals surface area contributed by atoms with Crippen LogP contribution in [0.3, 0.4) is 0 Å². The van der Waals surface area contributed by atoms with Gasteiger partial charge < -0.3 is 10.6 Å². The highest BCUT2D eigenvalue weighted by molar-refractivity contribution is 5.59. The van der Waals surface area contributed by atoms with Gasteiger partial charge in [-0.2, -0.15) is 5.26 Å². The van der Waals surface area contributed by atoms with Crippen LogP contribution in [0.5, 0.6) is 0 Å². The number of para-hydroxylation sites is 1. The normalized spacial score (nSPS) is 13.7. The number of nitrogens with two attached hydrogens (primary N) is 1. The lowest BCUT2D eigenvalue weighted by molar-refractivity contribution is 0.777. The van der Waals surface area contributed by atoms with Crippen LogP contribution in [0.2, 0.25) is 0 Å².